The molecule has 90 valence electrons. The number of hydrogen-bond donors (Lipinski definition) is 2. The Kier molecular flexibility index (Phi) is 8.33. The summed E-state index contributed by atoms with van der Waals surface area (Å²) in [4.78, 5) is 11.2. The highest BCUT2D eigenvalue weighted by atomic mass is 16.5. The van der Waals surface area contributed by atoms with E-state index in [0.29, 0.717) is 25.5 Å². The van der Waals surface area contributed by atoms with Crippen LogP contribution in [0.4, 0.5) is 0 Å². The van der Waals surface area contributed by atoms with Crippen LogP contribution in [0.25, 0.3) is 0 Å². The predicted octanol–water partition coefficient (Wildman–Crippen LogP) is 0.936. The number of hydrogen-bond acceptors (Lipinski definition) is 3. The summed E-state index contributed by atoms with van der Waals surface area (Å²) in [5.74, 6) is 0.431. The van der Waals surface area contributed by atoms with E-state index in [1.54, 1.807) is 7.11 Å². The lowest BCUT2D eigenvalue weighted by Crippen LogP contribution is -2.32. The molecule has 0 bridgehead atoms. The van der Waals surface area contributed by atoms with Gasteiger partial charge in [-0.25, -0.2) is 0 Å². The number of aliphatic hydroxyl groups is 1. The normalized spacial score (nSPS) is 12.9. The molecule has 0 spiro atoms. The van der Waals surface area contributed by atoms with Crippen LogP contribution in [0.15, 0.2) is 0 Å². The van der Waals surface area contributed by atoms with Crippen molar-refractivity contribution in [1.82, 2.24) is 5.32 Å². The first kappa shape index (κ1) is 14.4. The molecule has 1 amide bonds. The molecular formula is C11H23NO3. The van der Waals surface area contributed by atoms with Crippen LogP contribution in [0.2, 0.25) is 0 Å². The Bertz CT molecular complexity index is 171. The second-order valence-corrected chi connectivity index (χ2v) is 4.18. The van der Waals surface area contributed by atoms with Crippen LogP contribution in [0.3, 0.4) is 0 Å². The molecular weight excluding hydrogens is 194 g/mol. The summed E-state index contributed by atoms with van der Waals surface area (Å²) in [7, 11) is 1.62. The van der Waals surface area contributed by atoms with E-state index >= 15 is 0 Å². The summed E-state index contributed by atoms with van der Waals surface area (Å²) in [5.41, 5.74) is 0. The Labute approximate surface area is 92.0 Å². The summed E-state index contributed by atoms with van der Waals surface area (Å²) in [5, 5.41) is 12.2. The Hall–Kier alpha value is -0.610. The lowest BCUT2D eigenvalue weighted by molar-refractivity contribution is -0.121. The Morgan fingerprint density at radius 3 is 2.67 bits per heavy atom. The van der Waals surface area contributed by atoms with E-state index in [2.05, 4.69) is 5.32 Å². The van der Waals surface area contributed by atoms with Gasteiger partial charge in [0, 0.05) is 26.7 Å². The average molecular weight is 217 g/mol. The molecule has 0 aliphatic carbocycles. The number of nitrogens with one attached hydrogen (secondary N) is 1. The van der Waals surface area contributed by atoms with Gasteiger partial charge in [0.25, 0.3) is 0 Å². The summed E-state index contributed by atoms with van der Waals surface area (Å²) in [6.07, 6.45) is 1.47. The highest BCUT2D eigenvalue weighted by molar-refractivity contribution is 5.75. The van der Waals surface area contributed by atoms with Crippen LogP contribution in [-0.4, -0.2) is 37.4 Å². The Morgan fingerprint density at radius 1 is 1.47 bits per heavy atom. The monoisotopic (exact) mass is 217 g/mol. The van der Waals surface area contributed by atoms with Gasteiger partial charge in [-0.05, 0) is 18.8 Å². The van der Waals surface area contributed by atoms with Gasteiger partial charge >= 0.3 is 0 Å². The molecule has 0 aromatic rings. The van der Waals surface area contributed by atoms with Crippen LogP contribution in [-0.2, 0) is 9.53 Å². The third kappa shape index (κ3) is 9.69. The first-order valence-electron chi connectivity index (χ1n) is 5.50. The molecule has 0 radical (unpaired) electrons. The summed E-state index contributed by atoms with van der Waals surface area (Å²) >= 11 is 0. The molecule has 1 unspecified atom stereocenters. The molecule has 0 aromatic heterocycles. The van der Waals surface area contributed by atoms with Gasteiger partial charge in [0.15, 0.2) is 0 Å². The first-order chi connectivity index (χ1) is 7.06. The van der Waals surface area contributed by atoms with Gasteiger partial charge in [-0.1, -0.05) is 13.8 Å². The number of amides is 1. The molecule has 0 rings (SSSR count). The zero-order valence-electron chi connectivity index (χ0n) is 9.95. The van der Waals surface area contributed by atoms with E-state index in [4.69, 9.17) is 4.74 Å². The van der Waals surface area contributed by atoms with Crippen molar-refractivity contribution in [3.63, 3.8) is 0 Å². The van der Waals surface area contributed by atoms with Crippen LogP contribution in [0.5, 0.6) is 0 Å². The minimum atomic E-state index is -0.434. The number of aliphatic hydroxyl groups excluding tert-OH is 1. The second-order valence-electron chi connectivity index (χ2n) is 4.18. The minimum absolute atomic E-state index is 0.0187. The van der Waals surface area contributed by atoms with Crippen molar-refractivity contribution in [3.05, 3.63) is 0 Å². The van der Waals surface area contributed by atoms with Crippen molar-refractivity contribution in [2.45, 2.75) is 39.2 Å². The SMILES string of the molecule is COCCCC(=O)NCC(O)CC(C)C. The molecule has 2 N–H and O–H groups in total. The van der Waals surface area contributed by atoms with Crippen LogP contribution in [0.1, 0.15) is 33.1 Å². The van der Waals surface area contributed by atoms with Crippen molar-refractivity contribution in [1.29, 1.82) is 0 Å². The number of methoxy groups -OCH3 is 1. The summed E-state index contributed by atoms with van der Waals surface area (Å²) in [6.45, 7) is 5.04. The largest absolute Gasteiger partial charge is 0.391 e. The van der Waals surface area contributed by atoms with E-state index in [1.807, 2.05) is 13.8 Å². The molecule has 0 aromatic carbocycles. The molecule has 4 nitrogen and oxygen atoms in total. The van der Waals surface area contributed by atoms with Crippen LogP contribution < -0.4 is 5.32 Å². The van der Waals surface area contributed by atoms with Gasteiger partial charge in [0.2, 0.25) is 5.91 Å². The van der Waals surface area contributed by atoms with E-state index in [0.717, 1.165) is 12.8 Å². The highest BCUT2D eigenvalue weighted by Gasteiger charge is 2.08. The van der Waals surface area contributed by atoms with Crippen molar-refractivity contribution in [3.8, 4) is 0 Å². The maximum absolute atomic E-state index is 11.2. The second kappa shape index (κ2) is 8.68. The van der Waals surface area contributed by atoms with Gasteiger partial charge in [0.05, 0.1) is 6.10 Å². The molecule has 0 heterocycles. The third-order valence-electron chi connectivity index (χ3n) is 2.03. The smallest absolute Gasteiger partial charge is 0.220 e. The Morgan fingerprint density at radius 2 is 2.13 bits per heavy atom. The maximum Gasteiger partial charge on any atom is 0.220 e. The summed E-state index contributed by atoms with van der Waals surface area (Å²) in [6, 6.07) is 0. The fraction of sp³-hybridized carbons (Fsp3) is 0.909. The number of rotatable bonds is 8. The Balaban J connectivity index is 3.44. The van der Waals surface area contributed by atoms with Crippen molar-refractivity contribution in [2.75, 3.05) is 20.3 Å². The van der Waals surface area contributed by atoms with E-state index in [1.165, 1.54) is 0 Å². The third-order valence-corrected chi connectivity index (χ3v) is 2.03. The topological polar surface area (TPSA) is 58.6 Å². The quantitative estimate of drug-likeness (QED) is 0.595. The van der Waals surface area contributed by atoms with Gasteiger partial charge in [-0.2, -0.15) is 0 Å². The molecule has 1 atom stereocenters. The van der Waals surface area contributed by atoms with Gasteiger partial charge in [0.1, 0.15) is 0 Å². The van der Waals surface area contributed by atoms with E-state index < -0.39 is 6.10 Å². The van der Waals surface area contributed by atoms with Crippen LogP contribution >= 0.6 is 0 Å². The first-order valence-corrected chi connectivity index (χ1v) is 5.50. The lowest BCUT2D eigenvalue weighted by atomic mass is 10.1. The molecule has 15 heavy (non-hydrogen) atoms. The van der Waals surface area contributed by atoms with Gasteiger partial charge < -0.3 is 15.2 Å². The predicted molar refractivity (Wildman–Crippen MR) is 59.6 cm³/mol. The molecule has 0 saturated heterocycles. The fourth-order valence-corrected chi connectivity index (χ4v) is 1.32. The fourth-order valence-electron chi connectivity index (χ4n) is 1.32. The lowest BCUT2D eigenvalue weighted by Gasteiger charge is -2.13. The van der Waals surface area contributed by atoms with Crippen molar-refractivity contribution >= 4 is 5.91 Å². The zero-order valence-corrected chi connectivity index (χ0v) is 9.95. The van der Waals surface area contributed by atoms with Crippen LogP contribution in [0, 0.1) is 5.92 Å². The van der Waals surface area contributed by atoms with Crippen molar-refractivity contribution in [2.24, 2.45) is 5.92 Å². The maximum atomic E-state index is 11.2. The van der Waals surface area contributed by atoms with Gasteiger partial charge in [-0.3, -0.25) is 4.79 Å². The average Bonchev–Trinajstić information content (AvgIpc) is 2.14. The molecule has 0 aliphatic heterocycles. The minimum Gasteiger partial charge on any atom is -0.391 e. The molecule has 0 saturated carbocycles. The number of ether oxygens (including phenoxy) is 1. The highest BCUT2D eigenvalue weighted by Crippen LogP contribution is 2.03. The van der Waals surface area contributed by atoms with E-state index in [9.17, 15) is 9.90 Å². The summed E-state index contributed by atoms with van der Waals surface area (Å²) < 4.78 is 4.84. The standard InChI is InChI=1S/C11H23NO3/c1-9(2)7-10(13)8-12-11(14)5-4-6-15-3/h9-10,13H,4-8H2,1-3H3,(H,12,14). The molecule has 0 aliphatic rings. The zero-order chi connectivity index (χ0) is 11.7. The number of carbonyl (C=O) groups is 1. The molecule has 0 fully saturated rings. The van der Waals surface area contributed by atoms with E-state index in [-0.39, 0.29) is 5.91 Å². The molecule has 4 heteroatoms. The number of carbonyl (C=O) groups excluding carboxylic acids is 1. The van der Waals surface area contributed by atoms with Gasteiger partial charge in [-0.15, -0.1) is 0 Å². The van der Waals surface area contributed by atoms with Crippen molar-refractivity contribution < 1.29 is 14.6 Å².